The molecule has 1 atom stereocenters. The predicted octanol–water partition coefficient (Wildman–Crippen LogP) is 3.78. The Kier molecular flexibility index (Phi) is 5.14. The van der Waals surface area contributed by atoms with Crippen LogP contribution in [-0.4, -0.2) is 35.1 Å². The Labute approximate surface area is 115 Å². The molecule has 3 heteroatoms. The van der Waals surface area contributed by atoms with Gasteiger partial charge in [-0.05, 0) is 49.5 Å². The van der Waals surface area contributed by atoms with Crippen molar-refractivity contribution in [2.24, 2.45) is 5.41 Å². The third-order valence-electron chi connectivity index (χ3n) is 4.56. The van der Waals surface area contributed by atoms with Gasteiger partial charge in [0, 0.05) is 23.1 Å². The molecule has 0 aromatic rings. The van der Waals surface area contributed by atoms with E-state index in [2.05, 4.69) is 48.9 Å². The Morgan fingerprint density at radius 2 is 1.88 bits per heavy atom. The molecule has 2 aliphatic rings. The molecule has 0 bridgehead atoms. The van der Waals surface area contributed by atoms with Crippen molar-refractivity contribution in [1.29, 1.82) is 0 Å². The molecule has 1 saturated carbocycles. The Morgan fingerprint density at radius 1 is 1.18 bits per heavy atom. The van der Waals surface area contributed by atoms with Gasteiger partial charge in [-0.1, -0.05) is 13.8 Å². The molecule has 100 valence electrons. The van der Waals surface area contributed by atoms with E-state index in [1.54, 1.807) is 0 Å². The molecule has 1 nitrogen and oxygen atoms in total. The van der Waals surface area contributed by atoms with Crippen molar-refractivity contribution in [3.63, 3.8) is 0 Å². The molecule has 0 aromatic heterocycles. The van der Waals surface area contributed by atoms with Crippen LogP contribution in [0.2, 0.25) is 0 Å². The van der Waals surface area contributed by atoms with Gasteiger partial charge in [0.2, 0.25) is 0 Å². The molecule has 1 aliphatic carbocycles. The summed E-state index contributed by atoms with van der Waals surface area (Å²) in [7, 11) is 0. The highest BCUT2D eigenvalue weighted by atomic mass is 32.2. The van der Waals surface area contributed by atoms with Gasteiger partial charge in [-0.2, -0.15) is 23.5 Å². The second kappa shape index (κ2) is 6.21. The smallest absolute Gasteiger partial charge is 0.0212 e. The lowest BCUT2D eigenvalue weighted by atomic mass is 9.81. The lowest BCUT2D eigenvalue weighted by Gasteiger charge is -2.42. The zero-order valence-corrected chi connectivity index (χ0v) is 13.1. The average Bonchev–Trinajstić information content (AvgIpc) is 2.33. The first kappa shape index (κ1) is 14.1. The van der Waals surface area contributed by atoms with Crippen LogP contribution in [0.25, 0.3) is 0 Å². The summed E-state index contributed by atoms with van der Waals surface area (Å²) in [4.78, 5) is 0. The van der Waals surface area contributed by atoms with Gasteiger partial charge in [-0.25, -0.2) is 0 Å². The average molecular weight is 274 g/mol. The molecular weight excluding hydrogens is 246 g/mol. The van der Waals surface area contributed by atoms with Crippen LogP contribution < -0.4 is 5.32 Å². The van der Waals surface area contributed by atoms with Crippen LogP contribution in [0.4, 0.5) is 0 Å². The van der Waals surface area contributed by atoms with Crippen molar-refractivity contribution < 1.29 is 0 Å². The molecule has 0 radical (unpaired) electrons. The lowest BCUT2D eigenvalue weighted by molar-refractivity contribution is 0.212. The SMILES string of the molecule is CSC1CCC(NC2CSCCC2(C)C)CC1. The van der Waals surface area contributed by atoms with E-state index in [9.17, 15) is 0 Å². The van der Waals surface area contributed by atoms with Gasteiger partial charge in [0.1, 0.15) is 0 Å². The largest absolute Gasteiger partial charge is 0.310 e. The van der Waals surface area contributed by atoms with Crippen molar-refractivity contribution in [2.45, 2.75) is 63.3 Å². The molecular formula is C14H27NS2. The topological polar surface area (TPSA) is 12.0 Å². The van der Waals surface area contributed by atoms with E-state index in [1.165, 1.54) is 43.6 Å². The molecule has 1 N–H and O–H groups in total. The highest BCUT2D eigenvalue weighted by molar-refractivity contribution is 7.99. The van der Waals surface area contributed by atoms with E-state index in [0.717, 1.165) is 17.3 Å². The molecule has 2 fully saturated rings. The molecule has 0 amide bonds. The fraction of sp³-hybridized carbons (Fsp3) is 1.00. The molecule has 1 saturated heterocycles. The quantitative estimate of drug-likeness (QED) is 0.840. The van der Waals surface area contributed by atoms with Gasteiger partial charge in [-0.15, -0.1) is 0 Å². The van der Waals surface area contributed by atoms with Gasteiger partial charge in [0.15, 0.2) is 0 Å². The Hall–Kier alpha value is 0.660. The molecule has 0 spiro atoms. The van der Waals surface area contributed by atoms with E-state index < -0.39 is 0 Å². The minimum absolute atomic E-state index is 0.502. The first-order valence-corrected chi connectivity index (χ1v) is 9.42. The second-order valence-corrected chi connectivity index (χ2v) is 8.53. The highest BCUT2D eigenvalue weighted by Crippen LogP contribution is 2.35. The highest BCUT2D eigenvalue weighted by Gasteiger charge is 2.34. The maximum Gasteiger partial charge on any atom is 0.0212 e. The van der Waals surface area contributed by atoms with E-state index >= 15 is 0 Å². The van der Waals surface area contributed by atoms with Crippen LogP contribution >= 0.6 is 23.5 Å². The maximum absolute atomic E-state index is 3.96. The normalized spacial score (nSPS) is 37.9. The van der Waals surface area contributed by atoms with Crippen molar-refractivity contribution >= 4 is 23.5 Å². The number of thioether (sulfide) groups is 2. The summed E-state index contributed by atoms with van der Waals surface area (Å²) in [6, 6.07) is 1.53. The standard InChI is InChI=1S/C14H27NS2/c1-14(2)8-9-17-10-13(14)15-11-4-6-12(16-3)7-5-11/h11-13,15H,4-10H2,1-3H3. The van der Waals surface area contributed by atoms with Gasteiger partial charge in [0.05, 0.1) is 0 Å². The third-order valence-corrected chi connectivity index (χ3v) is 6.76. The molecule has 0 aromatic carbocycles. The maximum atomic E-state index is 3.96. The summed E-state index contributed by atoms with van der Waals surface area (Å²) in [6.45, 7) is 4.88. The number of nitrogens with one attached hydrogen (secondary N) is 1. The summed E-state index contributed by atoms with van der Waals surface area (Å²) < 4.78 is 0. The van der Waals surface area contributed by atoms with Gasteiger partial charge >= 0.3 is 0 Å². The van der Waals surface area contributed by atoms with E-state index in [-0.39, 0.29) is 0 Å². The van der Waals surface area contributed by atoms with Crippen LogP contribution in [0.1, 0.15) is 46.0 Å². The van der Waals surface area contributed by atoms with E-state index in [0.29, 0.717) is 5.41 Å². The fourth-order valence-electron chi connectivity index (χ4n) is 2.96. The summed E-state index contributed by atoms with van der Waals surface area (Å²) in [5.74, 6) is 2.67. The van der Waals surface area contributed by atoms with Crippen LogP contribution in [0.5, 0.6) is 0 Å². The number of rotatable bonds is 3. The molecule has 1 aliphatic heterocycles. The Balaban J connectivity index is 1.80. The minimum Gasteiger partial charge on any atom is -0.310 e. The molecule has 1 heterocycles. The third kappa shape index (κ3) is 3.81. The van der Waals surface area contributed by atoms with Crippen molar-refractivity contribution in [3.8, 4) is 0 Å². The predicted molar refractivity (Wildman–Crippen MR) is 82.2 cm³/mol. The monoisotopic (exact) mass is 273 g/mol. The molecule has 2 rings (SSSR count). The lowest BCUT2D eigenvalue weighted by Crippen LogP contribution is -2.51. The summed E-state index contributed by atoms with van der Waals surface area (Å²) in [6.07, 6.45) is 9.25. The number of hydrogen-bond donors (Lipinski definition) is 1. The van der Waals surface area contributed by atoms with Crippen molar-refractivity contribution in [3.05, 3.63) is 0 Å². The molecule has 17 heavy (non-hydrogen) atoms. The van der Waals surface area contributed by atoms with Crippen molar-refractivity contribution in [1.82, 2.24) is 5.32 Å². The van der Waals surface area contributed by atoms with Gasteiger partial charge in [-0.3, -0.25) is 0 Å². The van der Waals surface area contributed by atoms with Gasteiger partial charge < -0.3 is 5.32 Å². The first-order chi connectivity index (χ1) is 8.12. The summed E-state index contributed by atoms with van der Waals surface area (Å²) in [5.41, 5.74) is 0.502. The molecule has 1 unspecified atom stereocenters. The Morgan fingerprint density at radius 3 is 2.47 bits per heavy atom. The van der Waals surface area contributed by atoms with Crippen LogP contribution in [0.3, 0.4) is 0 Å². The van der Waals surface area contributed by atoms with Crippen molar-refractivity contribution in [2.75, 3.05) is 17.8 Å². The van der Waals surface area contributed by atoms with Crippen LogP contribution in [-0.2, 0) is 0 Å². The van der Waals surface area contributed by atoms with Gasteiger partial charge in [0.25, 0.3) is 0 Å². The minimum atomic E-state index is 0.502. The summed E-state index contributed by atoms with van der Waals surface area (Å²) >= 11 is 4.19. The number of hydrogen-bond acceptors (Lipinski definition) is 3. The Bertz CT molecular complexity index is 234. The second-order valence-electron chi connectivity index (χ2n) is 6.24. The van der Waals surface area contributed by atoms with E-state index in [4.69, 9.17) is 0 Å². The fourth-order valence-corrected chi connectivity index (χ4v) is 5.32. The van der Waals surface area contributed by atoms with E-state index in [1.807, 2.05) is 0 Å². The summed E-state index contributed by atoms with van der Waals surface area (Å²) in [5, 5.41) is 4.89. The van der Waals surface area contributed by atoms with Crippen LogP contribution in [0, 0.1) is 5.41 Å². The first-order valence-electron chi connectivity index (χ1n) is 6.98. The zero-order chi connectivity index (χ0) is 12.3. The zero-order valence-electron chi connectivity index (χ0n) is 11.5. The van der Waals surface area contributed by atoms with Crippen LogP contribution in [0.15, 0.2) is 0 Å².